The fourth-order valence-electron chi connectivity index (χ4n) is 4.54. The summed E-state index contributed by atoms with van der Waals surface area (Å²) in [5.41, 5.74) is 7.75. The van der Waals surface area contributed by atoms with Crippen molar-refractivity contribution in [1.82, 2.24) is 9.78 Å². The molecule has 0 fully saturated rings. The summed E-state index contributed by atoms with van der Waals surface area (Å²) in [6.45, 7) is 5.74. The van der Waals surface area contributed by atoms with E-state index in [1.54, 1.807) is 6.07 Å². The lowest BCUT2D eigenvalue weighted by atomic mass is 9.97. The van der Waals surface area contributed by atoms with Gasteiger partial charge in [0.2, 0.25) is 0 Å². The Morgan fingerprint density at radius 2 is 1.54 bits per heavy atom. The van der Waals surface area contributed by atoms with E-state index in [1.165, 1.54) is 5.56 Å². The van der Waals surface area contributed by atoms with Crippen LogP contribution in [-0.2, 0) is 4.79 Å². The summed E-state index contributed by atoms with van der Waals surface area (Å²) >= 11 is 6.17. The molecule has 0 saturated heterocycles. The standard InChI is InChI=1S/C33H29ClN2O3/c1-21(2)32(33(37)38)39-27-8-6-7-24(19-27)28-9-4-5-10-29(28)30-20-31(23-13-11-22(3)12-14-23)36(35-30)26-17-15-25(34)16-18-26/h4-21,32H,1-3H3,(H,37,38). The van der Waals surface area contributed by atoms with Crippen LogP contribution >= 0.6 is 11.6 Å². The summed E-state index contributed by atoms with van der Waals surface area (Å²) in [5, 5.41) is 15.3. The van der Waals surface area contributed by atoms with Gasteiger partial charge in [0, 0.05) is 22.1 Å². The first kappa shape index (κ1) is 26.3. The van der Waals surface area contributed by atoms with E-state index in [9.17, 15) is 9.90 Å². The predicted octanol–water partition coefficient (Wildman–Crippen LogP) is 8.32. The minimum atomic E-state index is -0.979. The zero-order valence-electron chi connectivity index (χ0n) is 22.0. The van der Waals surface area contributed by atoms with Gasteiger partial charge in [-0.2, -0.15) is 5.10 Å². The number of ether oxygens (including phenoxy) is 1. The number of aryl methyl sites for hydroxylation is 1. The second-order valence-corrected chi connectivity index (χ2v) is 10.3. The third kappa shape index (κ3) is 5.74. The lowest BCUT2D eigenvalue weighted by Crippen LogP contribution is -2.32. The number of aromatic nitrogens is 2. The SMILES string of the molecule is Cc1ccc(-c2cc(-c3ccccc3-c3cccc(OC(C(=O)O)C(C)C)c3)nn2-c2ccc(Cl)cc2)cc1. The molecule has 6 heteroatoms. The monoisotopic (exact) mass is 536 g/mol. The van der Waals surface area contributed by atoms with Crippen LogP contribution < -0.4 is 4.74 Å². The highest BCUT2D eigenvalue weighted by atomic mass is 35.5. The third-order valence-electron chi connectivity index (χ3n) is 6.59. The molecule has 0 aliphatic rings. The molecule has 196 valence electrons. The van der Waals surface area contributed by atoms with E-state index in [4.69, 9.17) is 21.4 Å². The Morgan fingerprint density at radius 1 is 0.846 bits per heavy atom. The lowest BCUT2D eigenvalue weighted by Gasteiger charge is -2.19. The number of carbonyl (C=O) groups is 1. The molecular formula is C33H29ClN2O3. The van der Waals surface area contributed by atoms with Gasteiger partial charge in [0.1, 0.15) is 5.75 Å². The van der Waals surface area contributed by atoms with Gasteiger partial charge in [0.05, 0.1) is 17.1 Å². The number of halogens is 1. The zero-order valence-corrected chi connectivity index (χ0v) is 22.8. The number of hydrogen-bond acceptors (Lipinski definition) is 3. The van der Waals surface area contributed by atoms with E-state index < -0.39 is 12.1 Å². The molecule has 5 rings (SSSR count). The molecule has 0 saturated carbocycles. The van der Waals surface area contributed by atoms with Crippen molar-refractivity contribution in [2.24, 2.45) is 5.92 Å². The number of carboxylic acids is 1. The van der Waals surface area contributed by atoms with Gasteiger partial charge in [0.25, 0.3) is 0 Å². The van der Waals surface area contributed by atoms with E-state index in [2.05, 4.69) is 37.3 Å². The molecule has 0 radical (unpaired) electrons. The highest BCUT2D eigenvalue weighted by Crippen LogP contribution is 2.36. The normalized spacial score (nSPS) is 11.9. The van der Waals surface area contributed by atoms with Gasteiger partial charge in [-0.05, 0) is 60.5 Å². The first-order valence-electron chi connectivity index (χ1n) is 12.8. The molecule has 0 aliphatic carbocycles. The number of rotatable bonds is 8. The molecule has 1 aromatic heterocycles. The Labute approximate surface area is 233 Å². The predicted molar refractivity (Wildman–Crippen MR) is 157 cm³/mol. The van der Waals surface area contributed by atoms with Crippen LogP contribution in [0, 0.1) is 12.8 Å². The second-order valence-electron chi connectivity index (χ2n) is 9.86. The maximum absolute atomic E-state index is 11.7. The first-order chi connectivity index (χ1) is 18.8. The summed E-state index contributed by atoms with van der Waals surface area (Å²) in [6, 6.07) is 33.7. The van der Waals surface area contributed by atoms with E-state index in [1.807, 2.05) is 85.3 Å². The summed E-state index contributed by atoms with van der Waals surface area (Å²) in [6.07, 6.45) is -0.928. The van der Waals surface area contributed by atoms with Crippen molar-refractivity contribution >= 4 is 17.6 Å². The Bertz CT molecular complexity index is 1540. The molecule has 5 aromatic rings. The highest BCUT2D eigenvalue weighted by molar-refractivity contribution is 6.30. The maximum Gasteiger partial charge on any atom is 0.345 e. The van der Waals surface area contributed by atoms with Crippen molar-refractivity contribution in [1.29, 1.82) is 0 Å². The van der Waals surface area contributed by atoms with Crippen molar-refractivity contribution in [3.63, 3.8) is 0 Å². The van der Waals surface area contributed by atoms with E-state index in [0.29, 0.717) is 10.8 Å². The van der Waals surface area contributed by atoms with Gasteiger partial charge in [-0.15, -0.1) is 0 Å². The van der Waals surface area contributed by atoms with Crippen molar-refractivity contribution in [3.8, 4) is 45.1 Å². The van der Waals surface area contributed by atoms with Crippen molar-refractivity contribution in [3.05, 3.63) is 114 Å². The summed E-state index contributed by atoms with van der Waals surface area (Å²) in [7, 11) is 0. The number of carboxylic acid groups (broad SMARTS) is 1. The van der Waals surface area contributed by atoms with Crippen LogP contribution in [0.25, 0.3) is 39.3 Å². The van der Waals surface area contributed by atoms with Crippen LogP contribution in [0.3, 0.4) is 0 Å². The number of nitrogens with zero attached hydrogens (tertiary/aromatic N) is 2. The highest BCUT2D eigenvalue weighted by Gasteiger charge is 2.24. The summed E-state index contributed by atoms with van der Waals surface area (Å²) < 4.78 is 7.81. The van der Waals surface area contributed by atoms with Crippen LogP contribution in [0.2, 0.25) is 5.02 Å². The van der Waals surface area contributed by atoms with Gasteiger partial charge in [0.15, 0.2) is 6.10 Å². The van der Waals surface area contributed by atoms with E-state index in [0.717, 1.165) is 39.3 Å². The smallest absolute Gasteiger partial charge is 0.345 e. The molecule has 0 bridgehead atoms. The average molecular weight is 537 g/mol. The Kier molecular flexibility index (Phi) is 7.53. The van der Waals surface area contributed by atoms with Crippen LogP contribution in [-0.4, -0.2) is 27.0 Å². The molecule has 4 aromatic carbocycles. The molecule has 0 amide bonds. The fraction of sp³-hybridized carbons (Fsp3) is 0.152. The molecule has 5 nitrogen and oxygen atoms in total. The van der Waals surface area contributed by atoms with Crippen LogP contribution in [0.5, 0.6) is 5.75 Å². The number of hydrogen-bond donors (Lipinski definition) is 1. The summed E-state index contributed by atoms with van der Waals surface area (Å²) in [5.74, 6) is -0.641. The molecular weight excluding hydrogens is 508 g/mol. The van der Waals surface area contributed by atoms with Gasteiger partial charge >= 0.3 is 5.97 Å². The van der Waals surface area contributed by atoms with Crippen LogP contribution in [0.1, 0.15) is 19.4 Å². The number of aliphatic carboxylic acids is 1. The van der Waals surface area contributed by atoms with Crippen LogP contribution in [0.4, 0.5) is 0 Å². The largest absolute Gasteiger partial charge is 0.478 e. The summed E-state index contributed by atoms with van der Waals surface area (Å²) in [4.78, 5) is 11.7. The molecule has 39 heavy (non-hydrogen) atoms. The van der Waals surface area contributed by atoms with Crippen molar-refractivity contribution in [2.75, 3.05) is 0 Å². The van der Waals surface area contributed by atoms with E-state index in [-0.39, 0.29) is 5.92 Å². The second kappa shape index (κ2) is 11.2. The fourth-order valence-corrected chi connectivity index (χ4v) is 4.66. The van der Waals surface area contributed by atoms with Gasteiger partial charge in [-0.3, -0.25) is 0 Å². The van der Waals surface area contributed by atoms with Gasteiger partial charge in [-0.1, -0.05) is 91.7 Å². The topological polar surface area (TPSA) is 64.3 Å². The minimum absolute atomic E-state index is 0.171. The molecule has 1 N–H and O–H groups in total. The Balaban J connectivity index is 1.60. The van der Waals surface area contributed by atoms with Crippen LogP contribution in [0.15, 0.2) is 103 Å². The van der Waals surface area contributed by atoms with Gasteiger partial charge in [-0.25, -0.2) is 9.48 Å². The Morgan fingerprint density at radius 3 is 2.21 bits per heavy atom. The quantitative estimate of drug-likeness (QED) is 0.216. The Hall–Kier alpha value is -4.35. The average Bonchev–Trinajstić information content (AvgIpc) is 3.38. The minimum Gasteiger partial charge on any atom is -0.478 e. The maximum atomic E-state index is 11.7. The number of benzene rings is 4. The zero-order chi connectivity index (χ0) is 27.5. The third-order valence-corrected chi connectivity index (χ3v) is 6.84. The molecule has 1 atom stereocenters. The van der Waals surface area contributed by atoms with Crippen molar-refractivity contribution in [2.45, 2.75) is 26.9 Å². The first-order valence-corrected chi connectivity index (χ1v) is 13.2. The van der Waals surface area contributed by atoms with Gasteiger partial charge < -0.3 is 9.84 Å². The lowest BCUT2D eigenvalue weighted by molar-refractivity contribution is -0.147. The van der Waals surface area contributed by atoms with E-state index >= 15 is 0 Å². The molecule has 1 unspecified atom stereocenters. The molecule has 0 aliphatic heterocycles. The molecule has 1 heterocycles. The van der Waals surface area contributed by atoms with Crippen molar-refractivity contribution < 1.29 is 14.6 Å². The molecule has 0 spiro atoms.